The maximum atomic E-state index is 12.5. The molecule has 1 aromatic heterocycles. The lowest BCUT2D eigenvalue weighted by Gasteiger charge is -2.21. The van der Waals surface area contributed by atoms with Crippen LogP contribution in [0.5, 0.6) is 5.75 Å². The standard InChI is InChI=1S/C17H15N3O4/c1-9-5-6-11-12(8-9)17(24)20(16(11)23)10(2)15(22)19-14-13(21)4-3-7-18-14/h3-8,10,21H,1-2H3,(H,18,19,22)/t10-/m0/s1. The molecule has 1 aliphatic rings. The van der Waals surface area contributed by atoms with Crippen LogP contribution in [-0.4, -0.2) is 38.8 Å². The highest BCUT2D eigenvalue weighted by molar-refractivity contribution is 6.23. The first-order valence-corrected chi connectivity index (χ1v) is 7.33. The normalized spacial score (nSPS) is 14.5. The number of pyridine rings is 1. The number of benzene rings is 1. The van der Waals surface area contributed by atoms with Gasteiger partial charge in [-0.15, -0.1) is 0 Å². The molecule has 7 heteroatoms. The summed E-state index contributed by atoms with van der Waals surface area (Å²) in [5.41, 5.74) is 1.43. The molecule has 0 bridgehead atoms. The second-order valence-corrected chi connectivity index (χ2v) is 5.57. The molecule has 122 valence electrons. The van der Waals surface area contributed by atoms with Gasteiger partial charge in [-0.05, 0) is 38.1 Å². The highest BCUT2D eigenvalue weighted by Crippen LogP contribution is 2.26. The number of anilines is 1. The average molecular weight is 325 g/mol. The van der Waals surface area contributed by atoms with Gasteiger partial charge in [-0.3, -0.25) is 19.3 Å². The van der Waals surface area contributed by atoms with Crippen molar-refractivity contribution in [3.63, 3.8) is 0 Å². The lowest BCUT2D eigenvalue weighted by atomic mass is 10.1. The molecule has 7 nitrogen and oxygen atoms in total. The zero-order valence-electron chi connectivity index (χ0n) is 13.1. The van der Waals surface area contributed by atoms with Gasteiger partial charge in [-0.25, -0.2) is 4.98 Å². The highest BCUT2D eigenvalue weighted by atomic mass is 16.3. The van der Waals surface area contributed by atoms with Crippen LogP contribution < -0.4 is 5.32 Å². The Morgan fingerprint density at radius 2 is 1.92 bits per heavy atom. The molecule has 24 heavy (non-hydrogen) atoms. The van der Waals surface area contributed by atoms with Gasteiger partial charge in [0.25, 0.3) is 11.8 Å². The van der Waals surface area contributed by atoms with Gasteiger partial charge in [-0.1, -0.05) is 11.6 Å². The number of amides is 3. The number of rotatable bonds is 3. The highest BCUT2D eigenvalue weighted by Gasteiger charge is 2.41. The minimum Gasteiger partial charge on any atom is -0.504 e. The first-order chi connectivity index (χ1) is 11.4. The van der Waals surface area contributed by atoms with E-state index in [2.05, 4.69) is 10.3 Å². The third-order valence-corrected chi connectivity index (χ3v) is 3.87. The van der Waals surface area contributed by atoms with Gasteiger partial charge in [0.2, 0.25) is 5.91 Å². The number of nitrogens with one attached hydrogen (secondary N) is 1. The monoisotopic (exact) mass is 325 g/mol. The fourth-order valence-electron chi connectivity index (χ4n) is 2.56. The lowest BCUT2D eigenvalue weighted by Crippen LogP contribution is -2.45. The Balaban J connectivity index is 1.84. The molecular formula is C17H15N3O4. The molecule has 3 amide bonds. The van der Waals surface area contributed by atoms with Crippen molar-refractivity contribution in [2.75, 3.05) is 5.32 Å². The fourth-order valence-corrected chi connectivity index (χ4v) is 2.56. The van der Waals surface area contributed by atoms with Crippen LogP contribution in [0.2, 0.25) is 0 Å². The predicted molar refractivity (Wildman–Crippen MR) is 85.7 cm³/mol. The van der Waals surface area contributed by atoms with E-state index in [9.17, 15) is 19.5 Å². The smallest absolute Gasteiger partial charge is 0.262 e. The van der Waals surface area contributed by atoms with Gasteiger partial charge in [0.1, 0.15) is 6.04 Å². The number of hydrogen-bond donors (Lipinski definition) is 2. The SMILES string of the molecule is Cc1ccc2c(c1)C(=O)N([C@@H](C)C(=O)Nc1ncccc1O)C2=O. The molecule has 0 spiro atoms. The molecule has 2 aromatic rings. The molecule has 1 atom stereocenters. The summed E-state index contributed by atoms with van der Waals surface area (Å²) in [6.45, 7) is 3.27. The van der Waals surface area contributed by atoms with Gasteiger partial charge in [-0.2, -0.15) is 0 Å². The predicted octanol–water partition coefficient (Wildman–Crippen LogP) is 1.72. The van der Waals surface area contributed by atoms with Crippen LogP contribution in [0.15, 0.2) is 36.5 Å². The van der Waals surface area contributed by atoms with Gasteiger partial charge in [0, 0.05) is 6.20 Å². The molecule has 0 aliphatic carbocycles. The molecule has 0 saturated heterocycles. The number of fused-ring (bicyclic) bond motifs is 1. The Labute approximate surface area is 137 Å². The molecule has 2 heterocycles. The van der Waals surface area contributed by atoms with Gasteiger partial charge in [0.05, 0.1) is 11.1 Å². The second-order valence-electron chi connectivity index (χ2n) is 5.57. The fraction of sp³-hybridized carbons (Fsp3) is 0.176. The van der Waals surface area contributed by atoms with Crippen LogP contribution >= 0.6 is 0 Å². The molecule has 0 fully saturated rings. The third kappa shape index (κ3) is 2.50. The zero-order chi connectivity index (χ0) is 17.4. The van der Waals surface area contributed by atoms with Crippen LogP contribution in [0, 0.1) is 6.92 Å². The molecule has 0 saturated carbocycles. The van der Waals surface area contributed by atoms with Crippen molar-refractivity contribution in [2.45, 2.75) is 19.9 Å². The quantitative estimate of drug-likeness (QED) is 0.837. The summed E-state index contributed by atoms with van der Waals surface area (Å²) in [7, 11) is 0. The van der Waals surface area contributed by atoms with Crippen molar-refractivity contribution in [3.8, 4) is 5.75 Å². The Hall–Kier alpha value is -3.22. The van der Waals surface area contributed by atoms with Crippen molar-refractivity contribution in [2.24, 2.45) is 0 Å². The molecule has 3 rings (SSSR count). The first kappa shape index (κ1) is 15.7. The van der Waals surface area contributed by atoms with E-state index in [-0.39, 0.29) is 17.1 Å². The van der Waals surface area contributed by atoms with E-state index in [1.165, 1.54) is 25.3 Å². The van der Waals surface area contributed by atoms with Gasteiger partial charge >= 0.3 is 0 Å². The lowest BCUT2D eigenvalue weighted by molar-refractivity contribution is -0.119. The van der Waals surface area contributed by atoms with Crippen molar-refractivity contribution < 1.29 is 19.5 Å². The van der Waals surface area contributed by atoms with E-state index in [0.29, 0.717) is 5.56 Å². The van der Waals surface area contributed by atoms with Gasteiger partial charge in [0.15, 0.2) is 11.6 Å². The number of aromatic nitrogens is 1. The maximum Gasteiger partial charge on any atom is 0.262 e. The molecule has 0 unspecified atom stereocenters. The second kappa shape index (κ2) is 5.77. The van der Waals surface area contributed by atoms with Gasteiger partial charge < -0.3 is 10.4 Å². The van der Waals surface area contributed by atoms with E-state index >= 15 is 0 Å². The Morgan fingerprint density at radius 3 is 2.62 bits per heavy atom. The Kier molecular flexibility index (Phi) is 3.76. The van der Waals surface area contributed by atoms with Crippen LogP contribution in [-0.2, 0) is 4.79 Å². The average Bonchev–Trinajstić information content (AvgIpc) is 2.79. The van der Waals surface area contributed by atoms with Crippen molar-refractivity contribution in [3.05, 3.63) is 53.2 Å². The molecule has 2 N–H and O–H groups in total. The summed E-state index contributed by atoms with van der Waals surface area (Å²) in [5.74, 6) is -1.86. The Bertz CT molecular complexity index is 863. The largest absolute Gasteiger partial charge is 0.504 e. The summed E-state index contributed by atoms with van der Waals surface area (Å²) in [6.07, 6.45) is 1.41. The zero-order valence-corrected chi connectivity index (χ0v) is 13.1. The number of nitrogens with zero attached hydrogens (tertiary/aromatic N) is 2. The summed E-state index contributed by atoms with van der Waals surface area (Å²) in [6, 6.07) is 6.80. The minimum atomic E-state index is -1.04. The molecular weight excluding hydrogens is 310 g/mol. The minimum absolute atomic E-state index is 0.0261. The molecule has 1 aliphatic heterocycles. The number of carbonyl (C=O) groups excluding carboxylic acids is 3. The van der Waals surface area contributed by atoms with E-state index in [1.807, 2.05) is 6.92 Å². The van der Waals surface area contributed by atoms with Crippen molar-refractivity contribution in [1.29, 1.82) is 0 Å². The summed E-state index contributed by atoms with van der Waals surface area (Å²) in [4.78, 5) is 42.0. The van der Waals surface area contributed by atoms with E-state index in [4.69, 9.17) is 0 Å². The molecule has 1 aromatic carbocycles. The number of aryl methyl sites for hydroxylation is 1. The van der Waals surface area contributed by atoms with Crippen LogP contribution in [0.1, 0.15) is 33.2 Å². The number of hydrogen-bond acceptors (Lipinski definition) is 5. The molecule has 0 radical (unpaired) electrons. The van der Waals surface area contributed by atoms with Crippen molar-refractivity contribution >= 4 is 23.5 Å². The number of aromatic hydroxyl groups is 1. The third-order valence-electron chi connectivity index (χ3n) is 3.87. The van der Waals surface area contributed by atoms with Crippen LogP contribution in [0.4, 0.5) is 5.82 Å². The van der Waals surface area contributed by atoms with E-state index in [1.54, 1.807) is 18.2 Å². The Morgan fingerprint density at radius 1 is 1.21 bits per heavy atom. The summed E-state index contributed by atoms with van der Waals surface area (Å²) < 4.78 is 0. The maximum absolute atomic E-state index is 12.5. The van der Waals surface area contributed by atoms with Crippen LogP contribution in [0.25, 0.3) is 0 Å². The first-order valence-electron chi connectivity index (χ1n) is 7.33. The van der Waals surface area contributed by atoms with Crippen molar-refractivity contribution in [1.82, 2.24) is 9.88 Å². The summed E-state index contributed by atoms with van der Waals surface area (Å²) in [5, 5.41) is 12.1. The number of carbonyl (C=O) groups is 3. The van der Waals surface area contributed by atoms with Crippen LogP contribution in [0.3, 0.4) is 0 Å². The topological polar surface area (TPSA) is 99.6 Å². The summed E-state index contributed by atoms with van der Waals surface area (Å²) >= 11 is 0. The van der Waals surface area contributed by atoms with E-state index < -0.39 is 23.8 Å². The van der Waals surface area contributed by atoms with E-state index in [0.717, 1.165) is 10.5 Å². The number of imide groups is 1.